The first-order chi connectivity index (χ1) is 13.1. The van der Waals surface area contributed by atoms with E-state index in [-0.39, 0.29) is 5.82 Å². The number of amides is 2. The van der Waals surface area contributed by atoms with E-state index in [0.717, 1.165) is 22.3 Å². The van der Waals surface area contributed by atoms with E-state index in [1.807, 2.05) is 10.3 Å². The summed E-state index contributed by atoms with van der Waals surface area (Å²) in [5.41, 5.74) is 1.39. The molecule has 1 heterocycles. The van der Waals surface area contributed by atoms with Gasteiger partial charge in [0.25, 0.3) is 0 Å². The Hall–Kier alpha value is -3.05. The summed E-state index contributed by atoms with van der Waals surface area (Å²) in [4.78, 5) is 28.9. The highest BCUT2D eigenvalue weighted by Crippen LogP contribution is 2.20. The fourth-order valence-corrected chi connectivity index (χ4v) is 3.18. The Morgan fingerprint density at radius 3 is 2.22 bits per heavy atom. The van der Waals surface area contributed by atoms with Crippen LogP contribution in [-0.2, 0) is 9.59 Å². The highest BCUT2D eigenvalue weighted by atomic mass is 32.2. The molecule has 2 amide bonds. The molecule has 0 saturated carbocycles. The van der Waals surface area contributed by atoms with E-state index < -0.39 is 11.8 Å². The van der Waals surface area contributed by atoms with E-state index >= 15 is 0 Å². The van der Waals surface area contributed by atoms with Crippen molar-refractivity contribution in [1.29, 1.82) is 5.26 Å². The van der Waals surface area contributed by atoms with Gasteiger partial charge in [0.1, 0.15) is 11.2 Å². The van der Waals surface area contributed by atoms with Crippen LogP contribution in [0.15, 0.2) is 53.4 Å². The van der Waals surface area contributed by atoms with Gasteiger partial charge >= 0.3 is 11.8 Å². The number of rotatable bonds is 3. The molecular formula is C19H17FN4O2S. The molecule has 8 heteroatoms. The molecule has 0 bridgehead atoms. The zero-order valence-corrected chi connectivity index (χ0v) is 15.2. The number of hydrogen-bond acceptors (Lipinski definition) is 5. The SMILES string of the molecule is N#CSc1ccc(NC(=O)C(=O)N2CCN(c3ccc(F)cc3)CC2)cc1. The number of thiocyanates is 1. The lowest BCUT2D eigenvalue weighted by molar-refractivity contribution is -0.143. The van der Waals surface area contributed by atoms with Crippen molar-refractivity contribution in [2.24, 2.45) is 0 Å². The molecule has 1 fully saturated rings. The maximum absolute atomic E-state index is 13.0. The molecule has 0 aliphatic carbocycles. The molecule has 0 radical (unpaired) electrons. The second-order valence-electron chi connectivity index (χ2n) is 5.93. The van der Waals surface area contributed by atoms with Gasteiger partial charge in [-0.2, -0.15) is 5.26 Å². The molecule has 1 saturated heterocycles. The summed E-state index contributed by atoms with van der Waals surface area (Å²) in [6.07, 6.45) is 0. The van der Waals surface area contributed by atoms with Crippen LogP contribution in [0.3, 0.4) is 0 Å². The Kier molecular flexibility index (Phi) is 5.94. The van der Waals surface area contributed by atoms with Crippen LogP contribution in [0.5, 0.6) is 0 Å². The van der Waals surface area contributed by atoms with Crippen LogP contribution in [0.4, 0.5) is 15.8 Å². The molecule has 1 N–H and O–H groups in total. The largest absolute Gasteiger partial charge is 0.368 e. The first kappa shape index (κ1) is 18.7. The maximum atomic E-state index is 13.0. The third-order valence-electron chi connectivity index (χ3n) is 4.23. The number of piperazine rings is 1. The number of nitriles is 1. The third-order valence-corrected chi connectivity index (χ3v) is 4.83. The molecule has 1 aliphatic heterocycles. The Morgan fingerprint density at radius 1 is 1.00 bits per heavy atom. The van der Waals surface area contributed by atoms with E-state index in [0.29, 0.717) is 31.9 Å². The van der Waals surface area contributed by atoms with Gasteiger partial charge in [0, 0.05) is 42.4 Å². The summed E-state index contributed by atoms with van der Waals surface area (Å²) >= 11 is 1.02. The van der Waals surface area contributed by atoms with Gasteiger partial charge in [0.05, 0.1) is 0 Å². The zero-order valence-electron chi connectivity index (χ0n) is 14.4. The molecule has 2 aromatic carbocycles. The maximum Gasteiger partial charge on any atom is 0.313 e. The Morgan fingerprint density at radius 2 is 1.63 bits per heavy atom. The van der Waals surface area contributed by atoms with Gasteiger partial charge in [0.2, 0.25) is 0 Å². The minimum absolute atomic E-state index is 0.288. The summed E-state index contributed by atoms with van der Waals surface area (Å²) in [7, 11) is 0. The van der Waals surface area contributed by atoms with Gasteiger partial charge in [-0.05, 0) is 60.3 Å². The minimum atomic E-state index is -0.689. The van der Waals surface area contributed by atoms with E-state index in [1.165, 1.54) is 17.0 Å². The summed E-state index contributed by atoms with van der Waals surface area (Å²) in [6.45, 7) is 1.98. The van der Waals surface area contributed by atoms with Crippen molar-refractivity contribution in [3.8, 4) is 5.40 Å². The van der Waals surface area contributed by atoms with Gasteiger partial charge in [0.15, 0.2) is 0 Å². The van der Waals surface area contributed by atoms with Crippen molar-refractivity contribution >= 4 is 35.0 Å². The number of carbonyl (C=O) groups is 2. The fourth-order valence-electron chi connectivity index (χ4n) is 2.81. The first-order valence-corrected chi connectivity index (χ1v) is 9.15. The number of anilines is 2. The Balaban J connectivity index is 1.53. The summed E-state index contributed by atoms with van der Waals surface area (Å²) in [5, 5.41) is 13.2. The molecule has 27 heavy (non-hydrogen) atoms. The normalized spacial score (nSPS) is 13.8. The topological polar surface area (TPSA) is 76.4 Å². The van der Waals surface area contributed by atoms with Crippen molar-refractivity contribution in [3.63, 3.8) is 0 Å². The number of carbonyl (C=O) groups excluding carboxylic acids is 2. The molecule has 0 atom stereocenters. The molecule has 0 aromatic heterocycles. The average molecular weight is 384 g/mol. The number of halogens is 1. The summed E-state index contributed by atoms with van der Waals surface area (Å²) in [6, 6.07) is 12.9. The Labute approximate surface area is 160 Å². The Bertz CT molecular complexity index is 857. The van der Waals surface area contributed by atoms with Crippen LogP contribution in [0.2, 0.25) is 0 Å². The lowest BCUT2D eigenvalue weighted by Gasteiger charge is -2.35. The standard InChI is InChI=1S/C19H17FN4O2S/c20-14-1-5-16(6-2-14)23-9-11-24(12-10-23)19(26)18(25)22-15-3-7-17(8-4-15)27-13-21/h1-8H,9-12H2,(H,22,25). The van der Waals surface area contributed by atoms with Crippen LogP contribution in [0, 0.1) is 16.5 Å². The molecule has 0 unspecified atom stereocenters. The van der Waals surface area contributed by atoms with Crippen molar-refractivity contribution < 1.29 is 14.0 Å². The molecular weight excluding hydrogens is 367 g/mol. The second kappa shape index (κ2) is 8.56. The smallest absolute Gasteiger partial charge is 0.313 e. The monoisotopic (exact) mass is 384 g/mol. The van der Waals surface area contributed by atoms with Crippen molar-refractivity contribution in [3.05, 3.63) is 54.3 Å². The van der Waals surface area contributed by atoms with E-state index in [2.05, 4.69) is 5.32 Å². The predicted octanol–water partition coefficient (Wildman–Crippen LogP) is 2.69. The van der Waals surface area contributed by atoms with Crippen molar-refractivity contribution in [2.75, 3.05) is 36.4 Å². The molecule has 2 aromatic rings. The lowest BCUT2D eigenvalue weighted by Crippen LogP contribution is -2.51. The van der Waals surface area contributed by atoms with Crippen LogP contribution in [-0.4, -0.2) is 42.9 Å². The van der Waals surface area contributed by atoms with Crippen molar-refractivity contribution in [1.82, 2.24) is 4.90 Å². The molecule has 0 spiro atoms. The van der Waals surface area contributed by atoms with Crippen LogP contribution in [0.1, 0.15) is 0 Å². The highest BCUT2D eigenvalue weighted by Gasteiger charge is 2.26. The third kappa shape index (κ3) is 4.77. The van der Waals surface area contributed by atoms with Crippen LogP contribution in [0.25, 0.3) is 0 Å². The van der Waals surface area contributed by atoms with Gasteiger partial charge in [-0.25, -0.2) is 4.39 Å². The second-order valence-corrected chi connectivity index (χ2v) is 6.79. The van der Waals surface area contributed by atoms with Gasteiger partial charge in [-0.1, -0.05) is 0 Å². The lowest BCUT2D eigenvalue weighted by atomic mass is 10.2. The number of thioether (sulfide) groups is 1. The van der Waals surface area contributed by atoms with E-state index in [9.17, 15) is 14.0 Å². The number of nitrogens with zero attached hydrogens (tertiary/aromatic N) is 3. The number of benzene rings is 2. The van der Waals surface area contributed by atoms with Crippen LogP contribution < -0.4 is 10.2 Å². The molecule has 3 rings (SSSR count). The molecule has 1 aliphatic rings. The van der Waals surface area contributed by atoms with Gasteiger partial charge in [-0.3, -0.25) is 9.59 Å². The van der Waals surface area contributed by atoms with E-state index in [1.54, 1.807) is 36.4 Å². The molecule has 6 nitrogen and oxygen atoms in total. The fraction of sp³-hybridized carbons (Fsp3) is 0.211. The number of hydrogen-bond donors (Lipinski definition) is 1. The minimum Gasteiger partial charge on any atom is -0.368 e. The van der Waals surface area contributed by atoms with Gasteiger partial charge < -0.3 is 15.1 Å². The van der Waals surface area contributed by atoms with E-state index in [4.69, 9.17) is 5.26 Å². The van der Waals surface area contributed by atoms with Gasteiger partial charge in [-0.15, -0.1) is 0 Å². The predicted molar refractivity (Wildman–Crippen MR) is 102 cm³/mol. The quantitative estimate of drug-likeness (QED) is 0.500. The average Bonchev–Trinajstić information content (AvgIpc) is 2.70. The molecule has 138 valence electrons. The van der Waals surface area contributed by atoms with Crippen molar-refractivity contribution in [2.45, 2.75) is 4.90 Å². The summed E-state index contributed by atoms with van der Waals surface area (Å²) < 4.78 is 13.0. The first-order valence-electron chi connectivity index (χ1n) is 8.33. The summed E-state index contributed by atoms with van der Waals surface area (Å²) in [5.74, 6) is -1.56. The zero-order chi connectivity index (χ0) is 19.2. The highest BCUT2D eigenvalue weighted by molar-refractivity contribution is 8.03. The number of nitrogens with one attached hydrogen (secondary N) is 1. The van der Waals surface area contributed by atoms with Crippen LogP contribution >= 0.6 is 11.8 Å².